The molecule has 0 radical (unpaired) electrons. The van der Waals surface area contributed by atoms with E-state index in [2.05, 4.69) is 34.6 Å². The molecule has 0 aromatic carbocycles. The lowest BCUT2D eigenvalue weighted by molar-refractivity contribution is -0.227. The summed E-state index contributed by atoms with van der Waals surface area (Å²) in [5.74, 6) is 4.85. The van der Waals surface area contributed by atoms with Crippen LogP contribution in [0.1, 0.15) is 125 Å². The van der Waals surface area contributed by atoms with Gasteiger partial charge in [-0.05, 0) is 131 Å². The fourth-order valence-electron chi connectivity index (χ4n) is 10.8. The molecule has 4 aliphatic carbocycles. The van der Waals surface area contributed by atoms with E-state index >= 15 is 0 Å². The second-order valence-electron chi connectivity index (χ2n) is 15.9. The Kier molecular flexibility index (Phi) is 13.7. The minimum absolute atomic E-state index is 0.201. The van der Waals surface area contributed by atoms with Gasteiger partial charge in [0.05, 0.1) is 18.3 Å². The maximum Gasteiger partial charge on any atom is 0.0637 e. The van der Waals surface area contributed by atoms with Gasteiger partial charge < -0.3 is 31.4 Å². The molecular weight excluding hydrogens is 534 g/mol. The van der Waals surface area contributed by atoms with E-state index in [0.29, 0.717) is 67.0 Å². The highest BCUT2D eigenvalue weighted by Crippen LogP contribution is 2.69. The number of rotatable bonds is 18. The Morgan fingerprint density at radius 3 is 2.09 bits per heavy atom. The summed E-state index contributed by atoms with van der Waals surface area (Å²) in [5, 5.41) is 0. The molecule has 6 nitrogen and oxygen atoms in total. The quantitative estimate of drug-likeness (QED) is 0.147. The van der Waals surface area contributed by atoms with E-state index in [-0.39, 0.29) is 5.41 Å². The topological polar surface area (TPSA) is 106 Å². The zero-order valence-electron chi connectivity index (χ0n) is 28.9. The molecule has 252 valence electrons. The molecule has 0 bridgehead atoms. The van der Waals surface area contributed by atoms with Gasteiger partial charge in [-0.15, -0.1) is 0 Å². The summed E-state index contributed by atoms with van der Waals surface area (Å²) in [5.41, 5.74) is 18.2. The van der Waals surface area contributed by atoms with Crippen molar-refractivity contribution in [3.8, 4) is 0 Å². The van der Waals surface area contributed by atoms with Crippen molar-refractivity contribution in [2.75, 3.05) is 39.5 Å². The molecular formula is C37H71N3O3. The highest BCUT2D eigenvalue weighted by Gasteiger charge is 2.66. The van der Waals surface area contributed by atoms with Crippen LogP contribution in [-0.2, 0) is 14.2 Å². The van der Waals surface area contributed by atoms with Gasteiger partial charge in [0.25, 0.3) is 0 Å². The van der Waals surface area contributed by atoms with Crippen LogP contribution >= 0.6 is 0 Å². The molecule has 0 aromatic heterocycles. The van der Waals surface area contributed by atoms with Gasteiger partial charge in [-0.2, -0.15) is 0 Å². The number of ether oxygens (including phenoxy) is 3. The molecule has 4 rings (SSSR count). The van der Waals surface area contributed by atoms with Gasteiger partial charge >= 0.3 is 0 Å². The molecule has 0 aliphatic heterocycles. The maximum atomic E-state index is 7.00. The molecule has 0 saturated heterocycles. The van der Waals surface area contributed by atoms with E-state index in [1.807, 2.05) is 0 Å². The van der Waals surface area contributed by atoms with E-state index in [1.54, 1.807) is 0 Å². The molecule has 0 spiro atoms. The summed E-state index contributed by atoms with van der Waals surface area (Å²) in [6, 6.07) is 0. The van der Waals surface area contributed by atoms with E-state index < -0.39 is 0 Å². The first-order chi connectivity index (χ1) is 20.7. The van der Waals surface area contributed by atoms with Gasteiger partial charge in [0.15, 0.2) is 0 Å². The van der Waals surface area contributed by atoms with Gasteiger partial charge in [-0.3, -0.25) is 0 Å². The van der Waals surface area contributed by atoms with Gasteiger partial charge in [0, 0.05) is 25.2 Å². The van der Waals surface area contributed by atoms with Crippen LogP contribution < -0.4 is 17.2 Å². The third-order valence-electron chi connectivity index (χ3n) is 13.5. The molecule has 4 fully saturated rings. The Balaban J connectivity index is 1.61. The molecule has 6 heteroatoms. The Morgan fingerprint density at radius 2 is 1.42 bits per heavy atom. The monoisotopic (exact) mass is 606 g/mol. The number of fused-ring (bicyclic) bond motifs is 5. The zero-order chi connectivity index (χ0) is 31.0. The first-order valence-electron chi connectivity index (χ1n) is 18.7. The molecule has 0 aromatic rings. The molecule has 0 amide bonds. The van der Waals surface area contributed by atoms with Crippen LogP contribution in [0.25, 0.3) is 0 Å². The summed E-state index contributed by atoms with van der Waals surface area (Å²) in [4.78, 5) is 0. The van der Waals surface area contributed by atoms with Crippen molar-refractivity contribution >= 4 is 0 Å². The van der Waals surface area contributed by atoms with Crippen molar-refractivity contribution in [3.63, 3.8) is 0 Å². The van der Waals surface area contributed by atoms with Crippen molar-refractivity contribution < 1.29 is 14.2 Å². The SMILES string of the molecule is CCC(C)CCCC(C)[C@H]1CCC2C3C(C[C@H](OCCCN)[C@@]21C)[C@@]1(C)CC[C@@H](OCCCN)CC1C[C@H]3OCCCN. The van der Waals surface area contributed by atoms with Crippen molar-refractivity contribution in [1.82, 2.24) is 0 Å². The average molecular weight is 606 g/mol. The molecule has 43 heavy (non-hydrogen) atoms. The third-order valence-corrected chi connectivity index (χ3v) is 13.5. The van der Waals surface area contributed by atoms with Crippen molar-refractivity contribution in [1.29, 1.82) is 0 Å². The summed E-state index contributed by atoms with van der Waals surface area (Å²) < 4.78 is 20.3. The largest absolute Gasteiger partial charge is 0.378 e. The molecule has 0 heterocycles. The van der Waals surface area contributed by atoms with Gasteiger partial charge in [0.2, 0.25) is 0 Å². The molecule has 12 atom stereocenters. The third kappa shape index (κ3) is 7.84. The first-order valence-corrected chi connectivity index (χ1v) is 18.7. The predicted molar refractivity (Wildman–Crippen MR) is 179 cm³/mol. The van der Waals surface area contributed by atoms with Gasteiger partial charge in [-0.1, -0.05) is 60.3 Å². The number of hydrogen-bond acceptors (Lipinski definition) is 6. The smallest absolute Gasteiger partial charge is 0.0637 e. The average Bonchev–Trinajstić information content (AvgIpc) is 3.36. The molecule has 4 saturated carbocycles. The molecule has 6 N–H and O–H groups in total. The number of hydrogen-bond donors (Lipinski definition) is 3. The minimum Gasteiger partial charge on any atom is -0.378 e. The Hall–Kier alpha value is -0.240. The fourth-order valence-corrected chi connectivity index (χ4v) is 10.8. The lowest BCUT2D eigenvalue weighted by Gasteiger charge is -2.65. The van der Waals surface area contributed by atoms with E-state index in [9.17, 15) is 0 Å². The standard InChI is InChI=1S/C37H71N3O3/c1-6-26(2)11-7-12-27(3)30-13-14-31-35-32(25-34(37(30,31)5)43-22-10-19-40)36(4)16-15-29(41-20-8-17-38)23-28(36)24-33(35)42-21-9-18-39/h26-35H,6-25,38-40H2,1-5H3/t26?,27?,28?,29-,30-,31?,32?,33-,34+,35?,36+,37-/m1/s1. The summed E-state index contributed by atoms with van der Waals surface area (Å²) in [7, 11) is 0. The summed E-state index contributed by atoms with van der Waals surface area (Å²) in [6.45, 7) is 17.1. The predicted octanol–water partition coefficient (Wildman–Crippen LogP) is 6.92. The lowest BCUT2D eigenvalue weighted by Crippen LogP contribution is -2.63. The summed E-state index contributed by atoms with van der Waals surface area (Å²) in [6.07, 6.45) is 17.9. The van der Waals surface area contributed by atoms with E-state index in [4.69, 9.17) is 31.4 Å². The van der Waals surface area contributed by atoms with Crippen LogP contribution in [0.3, 0.4) is 0 Å². The van der Waals surface area contributed by atoms with Crippen LogP contribution in [0.5, 0.6) is 0 Å². The number of nitrogens with two attached hydrogens (primary N) is 3. The van der Waals surface area contributed by atoms with Gasteiger partial charge in [-0.25, -0.2) is 0 Å². The molecule has 6 unspecified atom stereocenters. The van der Waals surface area contributed by atoms with Crippen LogP contribution in [0.15, 0.2) is 0 Å². The first kappa shape index (κ1) is 35.6. The van der Waals surface area contributed by atoms with Crippen molar-refractivity contribution in [2.24, 2.45) is 69.5 Å². The fraction of sp³-hybridized carbons (Fsp3) is 1.00. The van der Waals surface area contributed by atoms with Crippen molar-refractivity contribution in [2.45, 2.75) is 143 Å². The summed E-state index contributed by atoms with van der Waals surface area (Å²) >= 11 is 0. The molecule has 4 aliphatic rings. The van der Waals surface area contributed by atoms with Crippen LogP contribution in [0.4, 0.5) is 0 Å². The van der Waals surface area contributed by atoms with Crippen LogP contribution in [0.2, 0.25) is 0 Å². The second-order valence-corrected chi connectivity index (χ2v) is 15.9. The van der Waals surface area contributed by atoms with Crippen LogP contribution in [-0.4, -0.2) is 57.8 Å². The normalized spacial score (nSPS) is 40.5. The Labute approximate surface area is 265 Å². The van der Waals surface area contributed by atoms with E-state index in [0.717, 1.165) is 63.3 Å². The minimum atomic E-state index is 0.201. The van der Waals surface area contributed by atoms with Gasteiger partial charge in [0.1, 0.15) is 0 Å². The lowest BCUT2D eigenvalue weighted by atomic mass is 9.43. The highest BCUT2D eigenvalue weighted by molar-refractivity contribution is 5.15. The Bertz CT molecular complexity index is 814. The Morgan fingerprint density at radius 1 is 0.744 bits per heavy atom. The van der Waals surface area contributed by atoms with Crippen molar-refractivity contribution in [3.05, 3.63) is 0 Å². The van der Waals surface area contributed by atoms with Crippen LogP contribution in [0, 0.1) is 52.3 Å². The van der Waals surface area contributed by atoms with E-state index in [1.165, 1.54) is 64.2 Å². The highest BCUT2D eigenvalue weighted by atomic mass is 16.5. The zero-order valence-corrected chi connectivity index (χ0v) is 28.9. The maximum absolute atomic E-state index is 7.00. The second kappa shape index (κ2) is 16.5.